The molecule has 2 aliphatic heterocycles. The monoisotopic (exact) mass is 492 g/mol. The van der Waals surface area contributed by atoms with E-state index in [1.54, 1.807) is 10.6 Å². The first-order chi connectivity index (χ1) is 17.4. The van der Waals surface area contributed by atoms with Gasteiger partial charge in [-0.2, -0.15) is 0 Å². The minimum absolute atomic E-state index is 0.102. The maximum absolute atomic E-state index is 15.1. The molecule has 2 fully saturated rings. The van der Waals surface area contributed by atoms with Crippen LogP contribution in [0.4, 0.5) is 15.8 Å². The highest BCUT2D eigenvalue weighted by molar-refractivity contribution is 5.93. The van der Waals surface area contributed by atoms with Gasteiger partial charge in [0.15, 0.2) is 0 Å². The molecule has 0 aliphatic carbocycles. The van der Waals surface area contributed by atoms with Crippen LogP contribution in [0.1, 0.15) is 42.1 Å². The SMILES string of the molecule is CCn1cc(C(=O)O)c(=O)c2cc(F)c(N3CCN(Cc4ccc(N5CCCCC5)cc4)CC3)cc21. The Balaban J connectivity index is 1.28. The molecule has 0 atom stereocenters. The van der Waals surface area contributed by atoms with Gasteiger partial charge in [-0.3, -0.25) is 9.69 Å². The third-order valence-corrected chi connectivity index (χ3v) is 7.50. The molecule has 7 nitrogen and oxygen atoms in total. The summed E-state index contributed by atoms with van der Waals surface area (Å²) in [5.74, 6) is -1.79. The second kappa shape index (κ2) is 10.3. The quantitative estimate of drug-likeness (QED) is 0.557. The molecule has 1 aromatic heterocycles. The third kappa shape index (κ3) is 4.82. The van der Waals surface area contributed by atoms with Gasteiger partial charge < -0.3 is 19.5 Å². The van der Waals surface area contributed by atoms with Gasteiger partial charge in [-0.05, 0) is 56.0 Å². The fourth-order valence-corrected chi connectivity index (χ4v) is 5.43. The molecular formula is C28H33FN4O3. The molecular weight excluding hydrogens is 459 g/mol. The predicted octanol–water partition coefficient (Wildman–Crippen LogP) is 4.17. The summed E-state index contributed by atoms with van der Waals surface area (Å²) in [5, 5.41) is 9.46. The van der Waals surface area contributed by atoms with Crippen LogP contribution in [0.25, 0.3) is 10.9 Å². The van der Waals surface area contributed by atoms with Crippen molar-refractivity contribution in [3.8, 4) is 0 Å². The lowest BCUT2D eigenvalue weighted by atomic mass is 10.1. The van der Waals surface area contributed by atoms with E-state index in [1.807, 2.05) is 11.8 Å². The average Bonchev–Trinajstić information content (AvgIpc) is 2.90. The second-order valence-electron chi connectivity index (χ2n) is 9.76. The average molecular weight is 493 g/mol. The van der Waals surface area contributed by atoms with E-state index < -0.39 is 17.2 Å². The number of carbonyl (C=O) groups is 1. The fourth-order valence-electron chi connectivity index (χ4n) is 5.43. The summed E-state index contributed by atoms with van der Waals surface area (Å²) >= 11 is 0. The van der Waals surface area contributed by atoms with Gasteiger partial charge in [-0.1, -0.05) is 12.1 Å². The van der Waals surface area contributed by atoms with Crippen molar-refractivity contribution >= 4 is 28.2 Å². The Bertz CT molecular complexity index is 1310. The number of aromatic carboxylic acids is 1. The van der Waals surface area contributed by atoms with Crippen LogP contribution in [-0.4, -0.2) is 59.8 Å². The van der Waals surface area contributed by atoms with E-state index >= 15 is 4.39 Å². The molecule has 2 saturated heterocycles. The van der Waals surface area contributed by atoms with E-state index in [4.69, 9.17) is 0 Å². The van der Waals surface area contributed by atoms with E-state index in [2.05, 4.69) is 34.1 Å². The van der Waals surface area contributed by atoms with Crippen molar-refractivity contribution in [2.75, 3.05) is 49.1 Å². The van der Waals surface area contributed by atoms with Gasteiger partial charge in [-0.25, -0.2) is 9.18 Å². The number of piperidine rings is 1. The number of hydrogen-bond acceptors (Lipinski definition) is 5. The molecule has 0 amide bonds. The first-order valence-electron chi connectivity index (χ1n) is 12.9. The van der Waals surface area contributed by atoms with E-state index in [0.717, 1.165) is 32.7 Å². The summed E-state index contributed by atoms with van der Waals surface area (Å²) in [6.07, 6.45) is 5.21. The number of carboxylic acids is 1. The highest BCUT2D eigenvalue weighted by atomic mass is 19.1. The number of benzene rings is 2. The van der Waals surface area contributed by atoms with Crippen LogP contribution >= 0.6 is 0 Å². The smallest absolute Gasteiger partial charge is 0.341 e. The number of fused-ring (bicyclic) bond motifs is 1. The number of nitrogens with zero attached hydrogens (tertiary/aromatic N) is 4. The summed E-state index contributed by atoms with van der Waals surface area (Å²) in [7, 11) is 0. The standard InChI is InChI=1S/C28H33FN4O3/c1-2-31-19-23(28(35)36)27(34)22-16-24(29)26(17-25(22)31)33-14-12-30(13-15-33)18-20-6-8-21(9-7-20)32-10-4-3-5-11-32/h6-9,16-17,19H,2-5,10-15,18H2,1H3,(H,35,36). The van der Waals surface area contributed by atoms with E-state index in [-0.39, 0.29) is 10.9 Å². The Kier molecular flexibility index (Phi) is 6.96. The molecule has 190 valence electrons. The van der Waals surface area contributed by atoms with Crippen LogP contribution in [0.3, 0.4) is 0 Å². The molecule has 0 spiro atoms. The summed E-state index contributed by atoms with van der Waals surface area (Å²) in [6, 6.07) is 11.8. The minimum atomic E-state index is -1.30. The molecule has 2 aliphatic rings. The number of carboxylic acid groups (broad SMARTS) is 1. The maximum Gasteiger partial charge on any atom is 0.341 e. The maximum atomic E-state index is 15.1. The third-order valence-electron chi connectivity index (χ3n) is 7.50. The van der Waals surface area contributed by atoms with E-state index in [0.29, 0.717) is 30.8 Å². The Morgan fingerprint density at radius 1 is 0.944 bits per heavy atom. The Morgan fingerprint density at radius 2 is 1.64 bits per heavy atom. The number of pyridine rings is 1. The lowest BCUT2D eigenvalue weighted by Gasteiger charge is -2.36. The van der Waals surface area contributed by atoms with Crippen LogP contribution in [0.15, 0.2) is 47.4 Å². The van der Waals surface area contributed by atoms with Gasteiger partial charge in [0.2, 0.25) is 5.43 Å². The highest BCUT2D eigenvalue weighted by Crippen LogP contribution is 2.27. The van der Waals surface area contributed by atoms with Crippen molar-refractivity contribution in [1.82, 2.24) is 9.47 Å². The zero-order valence-electron chi connectivity index (χ0n) is 20.8. The van der Waals surface area contributed by atoms with Crippen molar-refractivity contribution in [2.24, 2.45) is 0 Å². The van der Waals surface area contributed by atoms with Crippen LogP contribution in [0.2, 0.25) is 0 Å². The van der Waals surface area contributed by atoms with Gasteiger partial charge in [0.1, 0.15) is 11.4 Å². The van der Waals surface area contributed by atoms with Gasteiger partial charge in [0.05, 0.1) is 11.2 Å². The van der Waals surface area contributed by atoms with E-state index in [1.165, 1.54) is 42.8 Å². The van der Waals surface area contributed by atoms with Gasteiger partial charge in [-0.15, -0.1) is 0 Å². The Labute approximate surface area is 210 Å². The summed E-state index contributed by atoms with van der Waals surface area (Å²) in [6.45, 7) is 8.47. The predicted molar refractivity (Wildman–Crippen MR) is 141 cm³/mol. The number of aryl methyl sites for hydroxylation is 1. The van der Waals surface area contributed by atoms with Gasteiger partial charge in [0.25, 0.3) is 0 Å². The molecule has 0 saturated carbocycles. The second-order valence-corrected chi connectivity index (χ2v) is 9.76. The summed E-state index contributed by atoms with van der Waals surface area (Å²) in [4.78, 5) is 30.9. The zero-order chi connectivity index (χ0) is 25.2. The minimum Gasteiger partial charge on any atom is -0.477 e. The lowest BCUT2D eigenvalue weighted by Crippen LogP contribution is -2.46. The molecule has 2 aromatic carbocycles. The van der Waals surface area contributed by atoms with Crippen LogP contribution in [0, 0.1) is 5.82 Å². The first kappa shape index (κ1) is 24.3. The lowest BCUT2D eigenvalue weighted by molar-refractivity contribution is 0.0695. The van der Waals surface area contributed by atoms with Crippen molar-refractivity contribution in [2.45, 2.75) is 39.3 Å². The summed E-state index contributed by atoms with van der Waals surface area (Å²) in [5.41, 5.74) is 2.61. The first-order valence-corrected chi connectivity index (χ1v) is 12.9. The molecule has 3 aromatic rings. The Hall–Kier alpha value is -3.39. The van der Waals surface area contributed by atoms with Crippen LogP contribution in [0.5, 0.6) is 0 Å². The van der Waals surface area contributed by atoms with E-state index in [9.17, 15) is 14.7 Å². The number of halogens is 1. The molecule has 1 N–H and O–H groups in total. The molecule has 0 radical (unpaired) electrons. The Morgan fingerprint density at radius 3 is 2.28 bits per heavy atom. The molecule has 5 rings (SSSR count). The van der Waals surface area contributed by atoms with Crippen molar-refractivity contribution in [1.29, 1.82) is 0 Å². The number of piperazine rings is 1. The highest BCUT2D eigenvalue weighted by Gasteiger charge is 2.23. The number of anilines is 2. The number of aromatic nitrogens is 1. The van der Waals surface area contributed by atoms with Crippen molar-refractivity contribution < 1.29 is 14.3 Å². The van der Waals surface area contributed by atoms with Crippen molar-refractivity contribution in [3.63, 3.8) is 0 Å². The topological polar surface area (TPSA) is 69.0 Å². The molecule has 0 unspecified atom stereocenters. The fraction of sp³-hybridized carbons (Fsp3) is 0.429. The summed E-state index contributed by atoms with van der Waals surface area (Å²) < 4.78 is 16.8. The molecule has 3 heterocycles. The molecule has 8 heteroatoms. The number of rotatable bonds is 6. The van der Waals surface area contributed by atoms with Crippen LogP contribution < -0.4 is 15.2 Å². The van der Waals surface area contributed by atoms with Crippen LogP contribution in [-0.2, 0) is 13.1 Å². The largest absolute Gasteiger partial charge is 0.477 e. The normalized spacial score (nSPS) is 17.1. The number of hydrogen-bond donors (Lipinski definition) is 1. The molecule has 36 heavy (non-hydrogen) atoms. The van der Waals surface area contributed by atoms with Crippen molar-refractivity contribution in [3.05, 3.63) is 69.8 Å². The zero-order valence-corrected chi connectivity index (χ0v) is 20.8. The molecule has 0 bridgehead atoms. The van der Waals surface area contributed by atoms with Gasteiger partial charge >= 0.3 is 5.97 Å². The van der Waals surface area contributed by atoms with Gasteiger partial charge in [0, 0.05) is 69.6 Å².